The number of alkyl halides is 1. The van der Waals surface area contributed by atoms with Crippen LogP contribution in [0, 0.1) is 17.0 Å². The third kappa shape index (κ3) is 2.25. The number of rotatable bonds is 4. The van der Waals surface area contributed by atoms with E-state index in [0.29, 0.717) is 11.8 Å². The van der Waals surface area contributed by atoms with E-state index in [1.165, 1.54) is 6.07 Å². The molecule has 0 spiro atoms. The first-order chi connectivity index (χ1) is 7.51. The lowest BCUT2D eigenvalue weighted by Gasteiger charge is -2.03. The first kappa shape index (κ1) is 12.3. The van der Waals surface area contributed by atoms with Gasteiger partial charge in [-0.1, -0.05) is 0 Å². The van der Waals surface area contributed by atoms with E-state index in [1.54, 1.807) is 6.92 Å². The minimum Gasteiger partial charge on any atom is -0.298 e. The molecule has 5 nitrogen and oxygen atoms in total. The number of aldehydes is 1. The highest BCUT2D eigenvalue weighted by atomic mass is 35.5. The molecule has 0 N–H and O–H groups in total. The molecule has 1 aromatic rings. The number of aryl methyl sites for hydroxylation is 1. The van der Waals surface area contributed by atoms with Gasteiger partial charge >= 0.3 is 0 Å². The number of Topliss-reactive ketones (excluding diaryl/α,β-unsaturated/α-hetero) is 1. The molecule has 0 aliphatic carbocycles. The molecule has 0 heterocycles. The Morgan fingerprint density at radius 1 is 1.56 bits per heavy atom. The predicted molar refractivity (Wildman–Crippen MR) is 58.3 cm³/mol. The smallest absolute Gasteiger partial charge is 0.280 e. The van der Waals surface area contributed by atoms with Crippen LogP contribution in [0.3, 0.4) is 0 Å². The molecule has 1 aromatic carbocycles. The fourth-order valence-electron chi connectivity index (χ4n) is 1.29. The second-order valence-electron chi connectivity index (χ2n) is 3.16. The van der Waals surface area contributed by atoms with Gasteiger partial charge in [0.2, 0.25) is 0 Å². The number of nitro groups is 1. The number of carbonyl (C=O) groups is 2. The lowest BCUT2D eigenvalue weighted by atomic mass is 10.0. The summed E-state index contributed by atoms with van der Waals surface area (Å²) in [5.41, 5.74) is 0.244. The molecule has 0 saturated heterocycles. The van der Waals surface area contributed by atoms with Crippen LogP contribution in [0.4, 0.5) is 5.69 Å². The maximum atomic E-state index is 11.4. The van der Waals surface area contributed by atoms with E-state index in [9.17, 15) is 19.7 Å². The average Bonchev–Trinajstić information content (AvgIpc) is 2.27. The Morgan fingerprint density at radius 3 is 2.62 bits per heavy atom. The number of halogens is 1. The summed E-state index contributed by atoms with van der Waals surface area (Å²) in [4.78, 5) is 32.0. The molecule has 0 fully saturated rings. The molecular formula is C10H8ClNO4. The fourth-order valence-corrected chi connectivity index (χ4v) is 1.43. The Morgan fingerprint density at radius 2 is 2.19 bits per heavy atom. The van der Waals surface area contributed by atoms with Gasteiger partial charge in [0, 0.05) is 11.6 Å². The second-order valence-corrected chi connectivity index (χ2v) is 3.42. The monoisotopic (exact) mass is 241 g/mol. The lowest BCUT2D eigenvalue weighted by molar-refractivity contribution is -0.385. The van der Waals surface area contributed by atoms with Crippen molar-refractivity contribution in [3.8, 4) is 0 Å². The van der Waals surface area contributed by atoms with Gasteiger partial charge in [-0.05, 0) is 18.6 Å². The third-order valence-electron chi connectivity index (χ3n) is 2.13. The van der Waals surface area contributed by atoms with Crippen LogP contribution in [0.2, 0.25) is 0 Å². The van der Waals surface area contributed by atoms with Crippen molar-refractivity contribution >= 4 is 29.4 Å². The van der Waals surface area contributed by atoms with E-state index in [4.69, 9.17) is 11.6 Å². The summed E-state index contributed by atoms with van der Waals surface area (Å²) in [6.07, 6.45) is 0.511. The third-order valence-corrected chi connectivity index (χ3v) is 2.37. The maximum Gasteiger partial charge on any atom is 0.280 e. The summed E-state index contributed by atoms with van der Waals surface area (Å²) in [6.45, 7) is 1.60. The number of nitrogens with zero attached hydrogens (tertiary/aromatic N) is 1. The van der Waals surface area contributed by atoms with Crippen LogP contribution in [0.25, 0.3) is 0 Å². The van der Waals surface area contributed by atoms with Gasteiger partial charge in [-0.2, -0.15) is 0 Å². The summed E-state index contributed by atoms with van der Waals surface area (Å²) < 4.78 is 0. The molecule has 0 aromatic heterocycles. The molecule has 0 aliphatic rings. The van der Waals surface area contributed by atoms with Gasteiger partial charge in [0.15, 0.2) is 12.1 Å². The van der Waals surface area contributed by atoms with Gasteiger partial charge in [0.05, 0.1) is 16.4 Å². The van der Waals surface area contributed by atoms with Crippen LogP contribution < -0.4 is 0 Å². The SMILES string of the molecule is Cc1cc(C(=O)CCl)c([N+](=O)[O-])cc1C=O. The van der Waals surface area contributed by atoms with Crippen LogP contribution in [-0.4, -0.2) is 22.9 Å². The van der Waals surface area contributed by atoms with Gasteiger partial charge < -0.3 is 0 Å². The van der Waals surface area contributed by atoms with Gasteiger partial charge in [0.1, 0.15) is 0 Å². The number of benzene rings is 1. The van der Waals surface area contributed by atoms with Crippen molar-refractivity contribution in [3.05, 3.63) is 38.9 Å². The predicted octanol–water partition coefficient (Wildman–Crippen LogP) is 2.14. The van der Waals surface area contributed by atoms with E-state index in [2.05, 4.69) is 0 Å². The van der Waals surface area contributed by atoms with Gasteiger partial charge in [-0.15, -0.1) is 11.6 Å². The Balaban J connectivity index is 3.47. The van der Waals surface area contributed by atoms with Crippen molar-refractivity contribution < 1.29 is 14.5 Å². The van der Waals surface area contributed by atoms with Gasteiger partial charge in [0.25, 0.3) is 5.69 Å². The van der Waals surface area contributed by atoms with Gasteiger partial charge in [-0.3, -0.25) is 19.7 Å². The highest BCUT2D eigenvalue weighted by Crippen LogP contribution is 2.23. The number of hydrogen-bond acceptors (Lipinski definition) is 4. The molecule has 0 saturated carbocycles. The average molecular weight is 242 g/mol. The molecule has 0 unspecified atom stereocenters. The van der Waals surface area contributed by atoms with E-state index in [0.717, 1.165) is 6.07 Å². The largest absolute Gasteiger partial charge is 0.298 e. The zero-order valence-electron chi connectivity index (χ0n) is 8.40. The Bertz CT molecular complexity index is 470. The highest BCUT2D eigenvalue weighted by molar-refractivity contribution is 6.31. The summed E-state index contributed by atoms with van der Waals surface area (Å²) in [5.74, 6) is -0.866. The summed E-state index contributed by atoms with van der Waals surface area (Å²) in [5, 5.41) is 10.7. The zero-order chi connectivity index (χ0) is 12.3. The number of hydrogen-bond donors (Lipinski definition) is 0. The Kier molecular flexibility index (Phi) is 3.73. The minimum absolute atomic E-state index is 0.0666. The maximum absolute atomic E-state index is 11.4. The van der Waals surface area contributed by atoms with Crippen LogP contribution in [0.5, 0.6) is 0 Å². The quantitative estimate of drug-likeness (QED) is 0.266. The second kappa shape index (κ2) is 4.85. The molecule has 6 heteroatoms. The lowest BCUT2D eigenvalue weighted by Crippen LogP contribution is -2.07. The van der Waals surface area contributed by atoms with Crippen molar-refractivity contribution in [3.63, 3.8) is 0 Å². The van der Waals surface area contributed by atoms with E-state index in [-0.39, 0.29) is 17.0 Å². The van der Waals surface area contributed by atoms with E-state index < -0.39 is 16.4 Å². The topological polar surface area (TPSA) is 77.3 Å². The summed E-state index contributed by atoms with van der Waals surface area (Å²) in [6, 6.07) is 2.40. The Hall–Kier alpha value is -1.75. The minimum atomic E-state index is -0.702. The van der Waals surface area contributed by atoms with Crippen LogP contribution in [-0.2, 0) is 0 Å². The van der Waals surface area contributed by atoms with E-state index >= 15 is 0 Å². The molecule has 0 atom stereocenters. The van der Waals surface area contributed by atoms with Crippen molar-refractivity contribution in [2.75, 3.05) is 5.88 Å². The molecule has 0 amide bonds. The molecule has 1 rings (SSSR count). The standard InChI is InChI=1S/C10H8ClNO4/c1-6-2-8(10(14)4-11)9(12(15)16)3-7(6)5-13/h2-3,5H,4H2,1H3. The molecule has 0 aliphatic heterocycles. The van der Waals surface area contributed by atoms with Gasteiger partial charge in [-0.25, -0.2) is 0 Å². The number of nitro benzene ring substituents is 1. The number of ketones is 1. The normalized spacial score (nSPS) is 9.88. The first-order valence-corrected chi connectivity index (χ1v) is 4.88. The zero-order valence-corrected chi connectivity index (χ0v) is 9.15. The van der Waals surface area contributed by atoms with Crippen molar-refractivity contribution in [2.24, 2.45) is 0 Å². The summed E-state index contributed by atoms with van der Waals surface area (Å²) in [7, 11) is 0. The fraction of sp³-hybridized carbons (Fsp3) is 0.200. The van der Waals surface area contributed by atoms with Crippen molar-refractivity contribution in [2.45, 2.75) is 6.92 Å². The summed E-state index contributed by atoms with van der Waals surface area (Å²) >= 11 is 5.35. The van der Waals surface area contributed by atoms with Crippen LogP contribution >= 0.6 is 11.6 Å². The number of carbonyl (C=O) groups excluding carboxylic acids is 2. The highest BCUT2D eigenvalue weighted by Gasteiger charge is 2.21. The molecule has 0 bridgehead atoms. The van der Waals surface area contributed by atoms with Crippen molar-refractivity contribution in [1.82, 2.24) is 0 Å². The molecule has 16 heavy (non-hydrogen) atoms. The molecule has 84 valence electrons. The Labute approximate surface area is 96.2 Å². The van der Waals surface area contributed by atoms with Crippen LogP contribution in [0.1, 0.15) is 26.3 Å². The van der Waals surface area contributed by atoms with Crippen molar-refractivity contribution in [1.29, 1.82) is 0 Å². The van der Waals surface area contributed by atoms with E-state index in [1.807, 2.05) is 0 Å². The first-order valence-electron chi connectivity index (χ1n) is 4.34. The molecular weight excluding hydrogens is 234 g/mol. The molecule has 0 radical (unpaired) electrons. The van der Waals surface area contributed by atoms with Crippen LogP contribution in [0.15, 0.2) is 12.1 Å².